The quantitative estimate of drug-likeness (QED) is 0.475. The molecule has 0 saturated heterocycles. The number of fused-ring (bicyclic) bond motifs is 1. The van der Waals surface area contributed by atoms with Gasteiger partial charge >= 0.3 is 6.18 Å². The summed E-state index contributed by atoms with van der Waals surface area (Å²) >= 11 is 1.35. The third-order valence-electron chi connectivity index (χ3n) is 3.89. The van der Waals surface area contributed by atoms with Gasteiger partial charge in [-0.05, 0) is 36.6 Å². The van der Waals surface area contributed by atoms with E-state index in [1.807, 2.05) is 23.6 Å². The first-order valence-corrected chi connectivity index (χ1v) is 8.40. The fourth-order valence-corrected chi connectivity index (χ4v) is 3.50. The van der Waals surface area contributed by atoms with E-state index in [-0.39, 0.29) is 11.0 Å². The van der Waals surface area contributed by atoms with E-state index < -0.39 is 11.7 Å². The summed E-state index contributed by atoms with van der Waals surface area (Å²) in [4.78, 5) is 5.19. The molecule has 0 N–H and O–H groups in total. The third-order valence-corrected chi connectivity index (χ3v) is 4.78. The molecule has 0 bridgehead atoms. The van der Waals surface area contributed by atoms with Crippen molar-refractivity contribution in [2.45, 2.75) is 13.1 Å². The maximum atomic E-state index is 13.7. The average Bonchev–Trinajstić information content (AvgIpc) is 3.22. The standard InChI is InChI=1S/C18H12F3N3S/c1-11-16-13(18(19,20)21)10-14(15-8-5-9-25-15)22-17(16)24(23-11)12-6-3-2-4-7-12/h2-10H,1H3. The van der Waals surface area contributed by atoms with E-state index in [0.29, 0.717) is 22.0 Å². The number of aryl methyl sites for hydroxylation is 1. The first-order valence-electron chi connectivity index (χ1n) is 7.52. The van der Waals surface area contributed by atoms with Gasteiger partial charge in [-0.1, -0.05) is 24.3 Å². The van der Waals surface area contributed by atoms with Crippen molar-refractivity contribution in [1.82, 2.24) is 14.8 Å². The maximum absolute atomic E-state index is 13.7. The Balaban J connectivity index is 2.09. The molecule has 3 aromatic heterocycles. The Morgan fingerprint density at radius 1 is 1.04 bits per heavy atom. The van der Waals surface area contributed by atoms with Gasteiger partial charge in [0.1, 0.15) is 0 Å². The number of halogens is 3. The highest BCUT2D eigenvalue weighted by molar-refractivity contribution is 7.13. The minimum Gasteiger partial charge on any atom is -0.227 e. The Hall–Kier alpha value is -2.67. The second-order valence-electron chi connectivity index (χ2n) is 5.56. The molecule has 0 amide bonds. The van der Waals surface area contributed by atoms with E-state index in [1.54, 1.807) is 31.2 Å². The zero-order valence-corrected chi connectivity index (χ0v) is 13.9. The largest absolute Gasteiger partial charge is 0.417 e. The van der Waals surface area contributed by atoms with Crippen molar-refractivity contribution in [2.75, 3.05) is 0 Å². The number of rotatable bonds is 2. The van der Waals surface area contributed by atoms with Crippen molar-refractivity contribution in [3.05, 3.63) is 65.2 Å². The summed E-state index contributed by atoms with van der Waals surface area (Å²) in [5.41, 5.74) is 0.773. The Morgan fingerprint density at radius 2 is 1.80 bits per heavy atom. The molecule has 4 aromatic rings. The summed E-state index contributed by atoms with van der Waals surface area (Å²) in [7, 11) is 0. The van der Waals surface area contributed by atoms with Crippen LogP contribution in [0.2, 0.25) is 0 Å². The lowest BCUT2D eigenvalue weighted by atomic mass is 10.1. The molecule has 126 valence electrons. The van der Waals surface area contributed by atoms with Crippen LogP contribution in [0.5, 0.6) is 0 Å². The molecule has 0 radical (unpaired) electrons. The van der Waals surface area contributed by atoms with E-state index in [9.17, 15) is 13.2 Å². The first kappa shape index (κ1) is 15.8. The molecule has 0 aliphatic carbocycles. The summed E-state index contributed by atoms with van der Waals surface area (Å²) < 4.78 is 42.5. The number of hydrogen-bond acceptors (Lipinski definition) is 3. The summed E-state index contributed by atoms with van der Waals surface area (Å²) in [6.45, 7) is 1.57. The molecule has 0 spiro atoms. The smallest absolute Gasteiger partial charge is 0.227 e. The molecule has 0 unspecified atom stereocenters. The monoisotopic (exact) mass is 359 g/mol. The maximum Gasteiger partial charge on any atom is 0.417 e. The van der Waals surface area contributed by atoms with Crippen LogP contribution in [0.15, 0.2) is 53.9 Å². The molecule has 0 aliphatic rings. The van der Waals surface area contributed by atoms with Crippen LogP contribution in [0, 0.1) is 6.92 Å². The summed E-state index contributed by atoms with van der Waals surface area (Å²) in [5.74, 6) is 0. The van der Waals surface area contributed by atoms with Gasteiger partial charge in [0.15, 0.2) is 5.65 Å². The van der Waals surface area contributed by atoms with Gasteiger partial charge in [0.2, 0.25) is 0 Å². The fraction of sp³-hybridized carbons (Fsp3) is 0.111. The Labute approximate surface area is 145 Å². The van der Waals surface area contributed by atoms with Crippen molar-refractivity contribution in [3.8, 4) is 16.3 Å². The van der Waals surface area contributed by atoms with Crippen molar-refractivity contribution < 1.29 is 13.2 Å². The molecule has 25 heavy (non-hydrogen) atoms. The number of para-hydroxylation sites is 1. The molecular formula is C18H12F3N3S. The minimum atomic E-state index is -4.48. The predicted molar refractivity (Wildman–Crippen MR) is 91.9 cm³/mol. The van der Waals surface area contributed by atoms with Crippen LogP contribution in [0.3, 0.4) is 0 Å². The number of alkyl halides is 3. The van der Waals surface area contributed by atoms with Crippen LogP contribution in [-0.2, 0) is 6.18 Å². The number of aromatic nitrogens is 3. The molecule has 4 rings (SSSR count). The molecular weight excluding hydrogens is 347 g/mol. The molecule has 0 aliphatic heterocycles. The highest BCUT2D eigenvalue weighted by Crippen LogP contribution is 2.39. The van der Waals surface area contributed by atoms with Gasteiger partial charge < -0.3 is 0 Å². The lowest BCUT2D eigenvalue weighted by Gasteiger charge is -2.11. The van der Waals surface area contributed by atoms with Gasteiger partial charge in [0.05, 0.1) is 32.9 Å². The van der Waals surface area contributed by atoms with Crippen LogP contribution >= 0.6 is 11.3 Å². The second kappa shape index (κ2) is 5.70. The Bertz CT molecular complexity index is 1040. The molecule has 0 saturated carbocycles. The van der Waals surface area contributed by atoms with Crippen molar-refractivity contribution in [2.24, 2.45) is 0 Å². The summed E-state index contributed by atoms with van der Waals surface area (Å²) in [6, 6.07) is 13.7. The van der Waals surface area contributed by atoms with E-state index in [0.717, 1.165) is 6.07 Å². The zero-order chi connectivity index (χ0) is 17.6. The van der Waals surface area contributed by atoms with Crippen LogP contribution in [0.1, 0.15) is 11.3 Å². The van der Waals surface area contributed by atoms with Crippen LogP contribution in [0.4, 0.5) is 13.2 Å². The number of thiophene rings is 1. The first-order chi connectivity index (χ1) is 11.9. The molecule has 7 heteroatoms. The van der Waals surface area contributed by atoms with E-state index in [1.165, 1.54) is 16.0 Å². The minimum absolute atomic E-state index is 0.0386. The molecule has 3 nitrogen and oxygen atoms in total. The fourth-order valence-electron chi connectivity index (χ4n) is 2.81. The molecule has 3 heterocycles. The lowest BCUT2D eigenvalue weighted by molar-refractivity contribution is -0.136. The van der Waals surface area contributed by atoms with E-state index >= 15 is 0 Å². The van der Waals surface area contributed by atoms with Crippen molar-refractivity contribution in [1.29, 1.82) is 0 Å². The number of nitrogens with zero attached hydrogens (tertiary/aromatic N) is 3. The van der Waals surface area contributed by atoms with Crippen LogP contribution < -0.4 is 0 Å². The number of benzene rings is 1. The second-order valence-corrected chi connectivity index (χ2v) is 6.51. The summed E-state index contributed by atoms with van der Waals surface area (Å²) in [5, 5.41) is 6.17. The molecule has 0 fully saturated rings. The average molecular weight is 359 g/mol. The van der Waals surface area contributed by atoms with Crippen molar-refractivity contribution >= 4 is 22.4 Å². The third kappa shape index (κ3) is 2.70. The van der Waals surface area contributed by atoms with Crippen molar-refractivity contribution in [3.63, 3.8) is 0 Å². The highest BCUT2D eigenvalue weighted by Gasteiger charge is 2.35. The Kier molecular flexibility index (Phi) is 3.61. The lowest BCUT2D eigenvalue weighted by Crippen LogP contribution is -2.07. The number of pyridine rings is 1. The number of hydrogen-bond donors (Lipinski definition) is 0. The SMILES string of the molecule is Cc1nn(-c2ccccc2)c2nc(-c3cccs3)cc(C(F)(F)F)c12. The van der Waals surface area contributed by atoms with Crippen LogP contribution in [-0.4, -0.2) is 14.8 Å². The van der Waals surface area contributed by atoms with Gasteiger partial charge in [-0.3, -0.25) is 0 Å². The normalized spacial score (nSPS) is 12.0. The van der Waals surface area contributed by atoms with Gasteiger partial charge in [0, 0.05) is 0 Å². The van der Waals surface area contributed by atoms with Gasteiger partial charge in [-0.2, -0.15) is 18.3 Å². The van der Waals surface area contributed by atoms with E-state index in [4.69, 9.17) is 0 Å². The predicted octanol–water partition coefficient (Wildman–Crippen LogP) is 5.48. The summed E-state index contributed by atoms with van der Waals surface area (Å²) in [6.07, 6.45) is -4.48. The van der Waals surface area contributed by atoms with Gasteiger partial charge in [-0.15, -0.1) is 11.3 Å². The van der Waals surface area contributed by atoms with Gasteiger partial charge in [-0.25, -0.2) is 9.67 Å². The highest BCUT2D eigenvalue weighted by atomic mass is 32.1. The molecule has 0 atom stereocenters. The molecule has 1 aromatic carbocycles. The Morgan fingerprint density at radius 3 is 2.44 bits per heavy atom. The van der Waals surface area contributed by atoms with E-state index in [2.05, 4.69) is 10.1 Å². The topological polar surface area (TPSA) is 30.7 Å². The van der Waals surface area contributed by atoms with Crippen LogP contribution in [0.25, 0.3) is 27.3 Å². The zero-order valence-electron chi connectivity index (χ0n) is 13.1. The van der Waals surface area contributed by atoms with Gasteiger partial charge in [0.25, 0.3) is 0 Å².